The Bertz CT molecular complexity index is 358. The van der Waals surface area contributed by atoms with Crippen LogP contribution in [0.4, 0.5) is 0 Å². The molecule has 1 N–H and O–H groups in total. The number of carbonyl (C=O) groups is 1. The number of ether oxygens (including phenoxy) is 1. The van der Waals surface area contributed by atoms with Gasteiger partial charge in [0.25, 0.3) is 0 Å². The van der Waals surface area contributed by atoms with E-state index in [0.717, 1.165) is 25.0 Å². The Balaban J connectivity index is 1.63. The van der Waals surface area contributed by atoms with E-state index in [1.54, 1.807) is 12.5 Å². The van der Waals surface area contributed by atoms with E-state index in [9.17, 15) is 4.79 Å². The zero-order valence-electron chi connectivity index (χ0n) is 10.7. The van der Waals surface area contributed by atoms with Crippen molar-refractivity contribution in [3.63, 3.8) is 0 Å². The molecule has 0 unspecified atom stereocenters. The van der Waals surface area contributed by atoms with E-state index in [2.05, 4.69) is 5.32 Å². The molecule has 1 amide bonds. The van der Waals surface area contributed by atoms with Gasteiger partial charge in [0.2, 0.25) is 5.91 Å². The van der Waals surface area contributed by atoms with Crippen LogP contribution in [0.25, 0.3) is 0 Å². The highest BCUT2D eigenvalue weighted by Crippen LogP contribution is 2.10. The van der Waals surface area contributed by atoms with Crippen molar-refractivity contribution in [1.29, 1.82) is 0 Å². The van der Waals surface area contributed by atoms with E-state index in [1.807, 2.05) is 18.0 Å². The molecule has 1 aliphatic heterocycles. The third-order valence-electron chi connectivity index (χ3n) is 3.00. The molecule has 1 saturated heterocycles. The fourth-order valence-electron chi connectivity index (χ4n) is 2.08. The first-order chi connectivity index (χ1) is 8.74. The normalized spacial score (nSPS) is 19.3. The molecule has 1 aliphatic rings. The van der Waals surface area contributed by atoms with Crippen LogP contribution >= 0.6 is 0 Å². The number of amides is 1. The summed E-state index contributed by atoms with van der Waals surface area (Å²) >= 11 is 0. The van der Waals surface area contributed by atoms with Crippen molar-refractivity contribution in [2.45, 2.75) is 25.5 Å². The molecule has 18 heavy (non-hydrogen) atoms. The zero-order chi connectivity index (χ0) is 12.8. The number of carbonyl (C=O) groups excluding carboxylic acids is 1. The van der Waals surface area contributed by atoms with Crippen molar-refractivity contribution in [2.24, 2.45) is 0 Å². The average Bonchev–Trinajstić information content (AvgIpc) is 2.98. The Morgan fingerprint density at radius 3 is 3.17 bits per heavy atom. The van der Waals surface area contributed by atoms with Crippen molar-refractivity contribution in [1.82, 2.24) is 10.2 Å². The Morgan fingerprint density at radius 2 is 2.50 bits per heavy atom. The lowest BCUT2D eigenvalue weighted by Crippen LogP contribution is -2.38. The third-order valence-corrected chi connectivity index (χ3v) is 3.00. The Hall–Kier alpha value is -1.33. The van der Waals surface area contributed by atoms with Gasteiger partial charge in [0.05, 0.1) is 25.2 Å². The van der Waals surface area contributed by atoms with Crippen molar-refractivity contribution in [2.75, 3.05) is 26.7 Å². The van der Waals surface area contributed by atoms with Crippen LogP contribution in [0.3, 0.4) is 0 Å². The van der Waals surface area contributed by atoms with Gasteiger partial charge in [-0.1, -0.05) is 0 Å². The van der Waals surface area contributed by atoms with Crippen LogP contribution in [0.2, 0.25) is 0 Å². The second-order valence-corrected chi connectivity index (χ2v) is 4.74. The van der Waals surface area contributed by atoms with E-state index in [0.29, 0.717) is 19.6 Å². The maximum atomic E-state index is 11.7. The van der Waals surface area contributed by atoms with Gasteiger partial charge in [0.15, 0.2) is 0 Å². The summed E-state index contributed by atoms with van der Waals surface area (Å²) in [6.45, 7) is 2.54. The number of furan rings is 1. The van der Waals surface area contributed by atoms with Crippen LogP contribution in [0, 0.1) is 0 Å². The summed E-state index contributed by atoms with van der Waals surface area (Å²) in [6.07, 6.45) is 5.68. The number of likely N-dealkylation sites (N-methyl/N-ethyl adjacent to an activating group) is 1. The standard InChI is InChI=1S/C13H20N2O3/c1-15(8-11-4-6-17-10-11)9-13(16)14-7-12-3-2-5-18-12/h4,6,10,12H,2-3,5,7-9H2,1H3,(H,14,16)/t12-/m0/s1. The van der Waals surface area contributed by atoms with Crippen LogP contribution in [0.15, 0.2) is 23.0 Å². The van der Waals surface area contributed by atoms with Gasteiger partial charge in [-0.3, -0.25) is 9.69 Å². The Morgan fingerprint density at radius 1 is 1.61 bits per heavy atom. The molecule has 0 radical (unpaired) electrons. The number of nitrogens with zero attached hydrogens (tertiary/aromatic N) is 1. The van der Waals surface area contributed by atoms with Crippen LogP contribution in [-0.2, 0) is 16.1 Å². The summed E-state index contributed by atoms with van der Waals surface area (Å²) < 4.78 is 10.4. The molecule has 1 aromatic rings. The quantitative estimate of drug-likeness (QED) is 0.821. The van der Waals surface area contributed by atoms with E-state index in [-0.39, 0.29) is 12.0 Å². The van der Waals surface area contributed by atoms with Crippen molar-refractivity contribution < 1.29 is 13.9 Å². The molecular formula is C13H20N2O3. The SMILES string of the molecule is CN(CC(=O)NC[C@@H]1CCCO1)Cc1ccoc1. The topological polar surface area (TPSA) is 54.7 Å². The van der Waals surface area contributed by atoms with Gasteiger partial charge in [-0.15, -0.1) is 0 Å². The highest BCUT2D eigenvalue weighted by atomic mass is 16.5. The number of nitrogens with one attached hydrogen (secondary N) is 1. The molecule has 1 fully saturated rings. The summed E-state index contributed by atoms with van der Waals surface area (Å²) in [6, 6.07) is 1.90. The van der Waals surface area contributed by atoms with Gasteiger partial charge in [0, 0.05) is 25.3 Å². The minimum absolute atomic E-state index is 0.0384. The first-order valence-corrected chi connectivity index (χ1v) is 6.32. The van der Waals surface area contributed by atoms with E-state index in [1.165, 1.54) is 0 Å². The molecular weight excluding hydrogens is 232 g/mol. The summed E-state index contributed by atoms with van der Waals surface area (Å²) in [7, 11) is 1.92. The van der Waals surface area contributed by atoms with Crippen molar-refractivity contribution in [3.8, 4) is 0 Å². The minimum atomic E-state index is 0.0384. The van der Waals surface area contributed by atoms with Gasteiger partial charge >= 0.3 is 0 Å². The highest BCUT2D eigenvalue weighted by molar-refractivity contribution is 5.77. The maximum Gasteiger partial charge on any atom is 0.234 e. The fraction of sp³-hybridized carbons (Fsp3) is 0.615. The van der Waals surface area contributed by atoms with Gasteiger partial charge in [-0.05, 0) is 26.0 Å². The number of hydrogen-bond acceptors (Lipinski definition) is 4. The smallest absolute Gasteiger partial charge is 0.234 e. The molecule has 5 nitrogen and oxygen atoms in total. The van der Waals surface area contributed by atoms with E-state index >= 15 is 0 Å². The van der Waals surface area contributed by atoms with E-state index < -0.39 is 0 Å². The second kappa shape index (κ2) is 6.56. The van der Waals surface area contributed by atoms with Crippen LogP contribution in [0.5, 0.6) is 0 Å². The molecule has 2 heterocycles. The summed E-state index contributed by atoms with van der Waals surface area (Å²) in [5.41, 5.74) is 1.07. The Labute approximate surface area is 107 Å². The average molecular weight is 252 g/mol. The monoisotopic (exact) mass is 252 g/mol. The predicted molar refractivity (Wildman–Crippen MR) is 67.0 cm³/mol. The van der Waals surface area contributed by atoms with Gasteiger partial charge in [-0.25, -0.2) is 0 Å². The lowest BCUT2D eigenvalue weighted by molar-refractivity contribution is -0.122. The summed E-state index contributed by atoms with van der Waals surface area (Å²) in [5.74, 6) is 0.0384. The first kappa shape index (κ1) is 13.1. The molecule has 0 bridgehead atoms. The molecule has 1 aromatic heterocycles. The largest absolute Gasteiger partial charge is 0.472 e. The maximum absolute atomic E-state index is 11.7. The molecule has 0 saturated carbocycles. The third kappa shape index (κ3) is 4.16. The van der Waals surface area contributed by atoms with Gasteiger partial charge < -0.3 is 14.5 Å². The molecule has 0 spiro atoms. The Kier molecular flexibility index (Phi) is 4.78. The van der Waals surface area contributed by atoms with Crippen molar-refractivity contribution >= 4 is 5.91 Å². The second-order valence-electron chi connectivity index (χ2n) is 4.74. The number of rotatable bonds is 6. The van der Waals surface area contributed by atoms with E-state index in [4.69, 9.17) is 9.15 Å². The molecule has 0 aromatic carbocycles. The van der Waals surface area contributed by atoms with Gasteiger partial charge in [0.1, 0.15) is 0 Å². The lowest BCUT2D eigenvalue weighted by atomic mass is 10.2. The van der Waals surface area contributed by atoms with Crippen LogP contribution < -0.4 is 5.32 Å². The molecule has 0 aliphatic carbocycles. The van der Waals surface area contributed by atoms with Gasteiger partial charge in [-0.2, -0.15) is 0 Å². The minimum Gasteiger partial charge on any atom is -0.472 e. The molecule has 1 atom stereocenters. The van der Waals surface area contributed by atoms with Crippen LogP contribution in [-0.4, -0.2) is 43.7 Å². The molecule has 100 valence electrons. The fourth-order valence-corrected chi connectivity index (χ4v) is 2.08. The lowest BCUT2D eigenvalue weighted by Gasteiger charge is -2.16. The summed E-state index contributed by atoms with van der Waals surface area (Å²) in [4.78, 5) is 13.7. The predicted octanol–water partition coefficient (Wildman–Crippen LogP) is 1.01. The summed E-state index contributed by atoms with van der Waals surface area (Å²) in [5, 5.41) is 2.91. The van der Waals surface area contributed by atoms with Crippen molar-refractivity contribution in [3.05, 3.63) is 24.2 Å². The number of hydrogen-bond donors (Lipinski definition) is 1. The molecule has 5 heteroatoms. The first-order valence-electron chi connectivity index (χ1n) is 6.32. The molecule has 2 rings (SSSR count). The highest BCUT2D eigenvalue weighted by Gasteiger charge is 2.16. The van der Waals surface area contributed by atoms with Crippen LogP contribution in [0.1, 0.15) is 18.4 Å². The zero-order valence-corrected chi connectivity index (χ0v) is 10.7.